The number of thioether (sulfide) groups is 1. The second kappa shape index (κ2) is 11.9. The standard InChI is InChI=1S/C31H21F6N3O5S2/c1-45-20-10-8-15(9-11-20)22-23-24(27(43)40(26(23)42)19-7-3-5-17(13-19)31(35,36)37)46-28-25(22)47-29(44)39(28)14-21(41)38-18-6-2-4-16(12-18)30(32,33)34/h2-13,22-24H,14H2,1H3,(H,38,41)/t22-,23+,24-/m0/s1. The minimum absolute atomic E-state index is 0.154. The van der Waals surface area contributed by atoms with E-state index in [-0.39, 0.29) is 16.4 Å². The molecule has 6 rings (SSSR count). The number of thiazole rings is 1. The molecule has 1 fully saturated rings. The van der Waals surface area contributed by atoms with Crippen molar-refractivity contribution in [2.45, 2.75) is 35.1 Å². The Morgan fingerprint density at radius 2 is 1.51 bits per heavy atom. The number of ether oxygens (including phenoxy) is 1. The number of hydrogen-bond donors (Lipinski definition) is 1. The number of benzene rings is 3. The van der Waals surface area contributed by atoms with Crippen LogP contribution < -0.4 is 19.8 Å². The number of rotatable bonds is 6. The summed E-state index contributed by atoms with van der Waals surface area (Å²) in [5, 5.41) is 1.36. The van der Waals surface area contributed by atoms with Crippen molar-refractivity contribution in [2.75, 3.05) is 17.3 Å². The van der Waals surface area contributed by atoms with Gasteiger partial charge in [0.1, 0.15) is 17.5 Å². The van der Waals surface area contributed by atoms with Crippen molar-refractivity contribution >= 4 is 52.2 Å². The number of carbonyl (C=O) groups excluding carboxylic acids is 3. The highest BCUT2D eigenvalue weighted by Crippen LogP contribution is 2.54. The monoisotopic (exact) mass is 693 g/mol. The predicted molar refractivity (Wildman–Crippen MR) is 161 cm³/mol. The minimum Gasteiger partial charge on any atom is -0.497 e. The smallest absolute Gasteiger partial charge is 0.416 e. The van der Waals surface area contributed by atoms with Crippen LogP contribution >= 0.6 is 23.1 Å². The van der Waals surface area contributed by atoms with Gasteiger partial charge < -0.3 is 10.1 Å². The summed E-state index contributed by atoms with van der Waals surface area (Å²) in [5.74, 6) is -3.92. The summed E-state index contributed by atoms with van der Waals surface area (Å²) >= 11 is 1.58. The minimum atomic E-state index is -4.73. The summed E-state index contributed by atoms with van der Waals surface area (Å²) in [6.45, 7) is -0.625. The predicted octanol–water partition coefficient (Wildman–Crippen LogP) is 6.39. The molecule has 0 bridgehead atoms. The average Bonchev–Trinajstić information content (AvgIpc) is 3.46. The first kappa shape index (κ1) is 32.4. The number of amides is 3. The quantitative estimate of drug-likeness (QED) is 0.186. The van der Waals surface area contributed by atoms with Crippen molar-refractivity contribution in [3.05, 3.63) is 104 Å². The normalized spacial score (nSPS) is 19.4. The molecule has 0 aliphatic carbocycles. The first-order chi connectivity index (χ1) is 22.2. The number of methoxy groups -OCH3 is 1. The maximum absolute atomic E-state index is 14.0. The molecule has 0 saturated carbocycles. The molecule has 8 nitrogen and oxygen atoms in total. The molecular formula is C31H21F6N3O5S2. The van der Waals surface area contributed by atoms with Crippen LogP contribution in [0.4, 0.5) is 37.7 Å². The summed E-state index contributed by atoms with van der Waals surface area (Å²) in [4.78, 5) is 54.5. The number of imide groups is 1. The van der Waals surface area contributed by atoms with Gasteiger partial charge in [-0.05, 0) is 54.1 Å². The van der Waals surface area contributed by atoms with E-state index >= 15 is 0 Å². The third-order valence-electron chi connectivity index (χ3n) is 7.73. The maximum Gasteiger partial charge on any atom is 0.416 e. The molecule has 0 unspecified atom stereocenters. The third-order valence-corrected chi connectivity index (χ3v) is 10.3. The second-order valence-corrected chi connectivity index (χ2v) is 12.7. The number of halogens is 6. The van der Waals surface area contributed by atoms with Gasteiger partial charge in [-0.3, -0.25) is 23.7 Å². The van der Waals surface area contributed by atoms with Crippen LogP contribution in [-0.2, 0) is 33.3 Å². The van der Waals surface area contributed by atoms with Gasteiger partial charge in [0.05, 0.1) is 34.9 Å². The first-order valence-corrected chi connectivity index (χ1v) is 15.4. The van der Waals surface area contributed by atoms with Crippen molar-refractivity contribution in [1.29, 1.82) is 0 Å². The van der Waals surface area contributed by atoms with Crippen molar-refractivity contribution in [1.82, 2.24) is 4.57 Å². The van der Waals surface area contributed by atoms with Crippen LogP contribution in [0.3, 0.4) is 0 Å². The van der Waals surface area contributed by atoms with E-state index in [9.17, 15) is 45.5 Å². The third kappa shape index (κ3) is 6.02. The van der Waals surface area contributed by atoms with Gasteiger partial charge in [-0.15, -0.1) is 0 Å². The zero-order chi connectivity index (χ0) is 33.8. The highest BCUT2D eigenvalue weighted by atomic mass is 32.2. The number of nitrogens with one attached hydrogen (secondary N) is 1. The van der Waals surface area contributed by atoms with Crippen LogP contribution in [0.5, 0.6) is 5.75 Å². The Bertz CT molecular complexity index is 1950. The van der Waals surface area contributed by atoms with Crippen LogP contribution in [0.2, 0.25) is 0 Å². The van der Waals surface area contributed by atoms with Crippen molar-refractivity contribution in [2.24, 2.45) is 5.92 Å². The fourth-order valence-electron chi connectivity index (χ4n) is 5.62. The number of hydrogen-bond acceptors (Lipinski definition) is 7. The van der Waals surface area contributed by atoms with E-state index in [4.69, 9.17) is 4.74 Å². The molecule has 16 heteroatoms. The number of carbonyl (C=O) groups is 3. The zero-order valence-corrected chi connectivity index (χ0v) is 25.5. The van der Waals surface area contributed by atoms with Gasteiger partial charge >= 0.3 is 17.2 Å². The van der Waals surface area contributed by atoms with E-state index in [0.717, 1.165) is 58.0 Å². The second-order valence-electron chi connectivity index (χ2n) is 10.6. The Hall–Kier alpha value is -4.57. The highest BCUT2D eigenvalue weighted by Gasteiger charge is 2.57. The lowest BCUT2D eigenvalue weighted by Crippen LogP contribution is -2.33. The van der Waals surface area contributed by atoms with Gasteiger partial charge in [0, 0.05) is 16.5 Å². The molecule has 2 aliphatic heterocycles. The molecule has 3 heterocycles. The summed E-state index contributed by atoms with van der Waals surface area (Å²) < 4.78 is 86.3. The van der Waals surface area contributed by atoms with Crippen LogP contribution in [0.15, 0.2) is 82.6 Å². The lowest BCUT2D eigenvalue weighted by atomic mass is 9.83. The molecule has 1 aromatic heterocycles. The summed E-state index contributed by atoms with van der Waals surface area (Å²) in [7, 11) is 1.45. The Kier molecular flexibility index (Phi) is 8.20. The number of alkyl halides is 6. The molecule has 47 heavy (non-hydrogen) atoms. The fraction of sp³-hybridized carbons (Fsp3) is 0.226. The Balaban J connectivity index is 1.39. The van der Waals surface area contributed by atoms with Crippen LogP contribution in [0.25, 0.3) is 0 Å². The van der Waals surface area contributed by atoms with Gasteiger partial charge in [-0.2, -0.15) is 26.3 Å². The van der Waals surface area contributed by atoms with Crippen molar-refractivity contribution < 1.29 is 45.5 Å². The SMILES string of the molecule is COc1ccc([C@@H]2c3sc(=O)n(CC(=O)Nc4cccc(C(F)(F)F)c4)c3S[C@@H]3C(=O)N(c4cccc(C(F)(F)F)c4)C(=O)[C@H]23)cc1. The molecule has 3 amide bonds. The molecule has 4 aromatic rings. The summed E-state index contributed by atoms with van der Waals surface area (Å²) in [6.07, 6.45) is -9.38. The van der Waals surface area contributed by atoms with Crippen LogP contribution in [-0.4, -0.2) is 34.6 Å². The molecule has 1 N–H and O–H groups in total. The Morgan fingerprint density at radius 1 is 0.872 bits per heavy atom. The average molecular weight is 694 g/mol. The molecule has 0 spiro atoms. The van der Waals surface area contributed by atoms with E-state index in [1.807, 2.05) is 0 Å². The van der Waals surface area contributed by atoms with E-state index in [2.05, 4.69) is 5.32 Å². The van der Waals surface area contributed by atoms with Crippen LogP contribution in [0.1, 0.15) is 27.5 Å². The number of fused-ring (bicyclic) bond motifs is 2. The van der Waals surface area contributed by atoms with E-state index in [1.54, 1.807) is 24.3 Å². The van der Waals surface area contributed by atoms with E-state index in [1.165, 1.54) is 19.2 Å². The largest absolute Gasteiger partial charge is 0.497 e. The molecule has 244 valence electrons. The van der Waals surface area contributed by atoms with Gasteiger partial charge in [-0.25, -0.2) is 4.90 Å². The molecule has 3 atom stereocenters. The Labute approximate surface area is 269 Å². The highest BCUT2D eigenvalue weighted by molar-refractivity contribution is 8.00. The number of aromatic nitrogens is 1. The first-order valence-electron chi connectivity index (χ1n) is 13.7. The van der Waals surface area contributed by atoms with Crippen molar-refractivity contribution in [3.63, 3.8) is 0 Å². The number of nitrogens with zero attached hydrogens (tertiary/aromatic N) is 2. The summed E-state index contributed by atoms with van der Waals surface area (Å²) in [6, 6.07) is 14.3. The molecule has 3 aromatic carbocycles. The molecular weight excluding hydrogens is 672 g/mol. The molecule has 0 radical (unpaired) electrons. The van der Waals surface area contributed by atoms with Gasteiger partial charge in [0.2, 0.25) is 17.7 Å². The van der Waals surface area contributed by atoms with Crippen molar-refractivity contribution in [3.8, 4) is 5.75 Å². The van der Waals surface area contributed by atoms with Gasteiger partial charge in [0.25, 0.3) is 0 Å². The number of anilines is 2. The Morgan fingerprint density at radius 3 is 2.15 bits per heavy atom. The summed E-state index contributed by atoms with van der Waals surface area (Å²) in [5.41, 5.74) is -1.95. The van der Waals surface area contributed by atoms with E-state index in [0.29, 0.717) is 27.2 Å². The van der Waals surface area contributed by atoms with Gasteiger partial charge in [-0.1, -0.05) is 47.4 Å². The molecule has 2 aliphatic rings. The maximum atomic E-state index is 14.0. The lowest BCUT2D eigenvalue weighted by Gasteiger charge is -2.30. The zero-order valence-electron chi connectivity index (χ0n) is 23.9. The molecule has 1 saturated heterocycles. The lowest BCUT2D eigenvalue weighted by molar-refractivity contribution is -0.138. The van der Waals surface area contributed by atoms with E-state index < -0.39 is 69.7 Å². The topological polar surface area (TPSA) is 97.7 Å². The van der Waals surface area contributed by atoms with Crippen LogP contribution in [0, 0.1) is 5.92 Å². The van der Waals surface area contributed by atoms with Gasteiger partial charge in [0.15, 0.2) is 0 Å². The fourth-order valence-corrected chi connectivity index (χ4v) is 8.39.